The Balaban J connectivity index is 2.16. The second-order valence-corrected chi connectivity index (χ2v) is 7.94. The van der Waals surface area contributed by atoms with Gasteiger partial charge in [0.1, 0.15) is 5.58 Å². The first-order valence-electron chi connectivity index (χ1n) is 6.65. The van der Waals surface area contributed by atoms with Gasteiger partial charge in [0.25, 0.3) is 10.0 Å². The van der Waals surface area contributed by atoms with Crippen molar-refractivity contribution < 1.29 is 21.6 Å². The number of benzene rings is 2. The van der Waals surface area contributed by atoms with Crippen molar-refractivity contribution in [1.82, 2.24) is 0 Å². The van der Waals surface area contributed by atoms with Gasteiger partial charge in [-0.25, -0.2) is 13.6 Å². The maximum Gasteiger partial charge on any atom is 0.271 e. The number of primary sulfonamides is 1. The second-order valence-electron chi connectivity index (χ2n) is 5.11. The first-order chi connectivity index (χ1) is 11.2. The standard InChI is InChI=1S/C15H12ClNO5S2/c16-12-3-1-10(8-23(18)19)13(7-12)9-2-4-14-11(5-9)6-15(22-14)24(17,20)21/h1-7H,8H2,(H,18,19)(H2,17,20,21)/p-1. The second kappa shape index (κ2) is 6.30. The summed E-state index contributed by atoms with van der Waals surface area (Å²) in [6.45, 7) is 0. The molecule has 0 aliphatic carbocycles. The molecule has 1 unspecified atom stereocenters. The molecular weight excluding hydrogens is 374 g/mol. The SMILES string of the molecule is NS(=O)(=O)c1cc2cc(-c3cc(Cl)ccc3CS(=O)[O-])ccc2o1. The summed E-state index contributed by atoms with van der Waals surface area (Å²) in [5.74, 6) is -0.154. The number of fused-ring (bicyclic) bond motifs is 1. The molecule has 0 saturated carbocycles. The van der Waals surface area contributed by atoms with Crippen LogP contribution in [-0.4, -0.2) is 17.2 Å². The van der Waals surface area contributed by atoms with E-state index in [1.165, 1.54) is 6.07 Å². The Morgan fingerprint density at radius 1 is 1.17 bits per heavy atom. The normalized spacial score (nSPS) is 13.3. The molecular formula is C15H11ClNO5S2-. The molecule has 2 N–H and O–H groups in total. The summed E-state index contributed by atoms with van der Waals surface area (Å²) in [5.41, 5.74) is 2.28. The van der Waals surface area contributed by atoms with Gasteiger partial charge in [-0.15, -0.1) is 0 Å². The van der Waals surface area contributed by atoms with Crippen LogP contribution in [0.5, 0.6) is 0 Å². The fourth-order valence-electron chi connectivity index (χ4n) is 2.40. The van der Waals surface area contributed by atoms with Crippen LogP contribution in [0.4, 0.5) is 0 Å². The van der Waals surface area contributed by atoms with Gasteiger partial charge >= 0.3 is 0 Å². The van der Waals surface area contributed by atoms with Crippen LogP contribution in [0.25, 0.3) is 22.1 Å². The van der Waals surface area contributed by atoms with Crippen molar-refractivity contribution in [2.45, 2.75) is 10.8 Å². The van der Waals surface area contributed by atoms with Gasteiger partial charge in [0.2, 0.25) is 5.09 Å². The van der Waals surface area contributed by atoms with E-state index in [0.29, 0.717) is 32.7 Å². The lowest BCUT2D eigenvalue weighted by Crippen LogP contribution is -2.10. The third-order valence-corrected chi connectivity index (χ3v) is 4.97. The van der Waals surface area contributed by atoms with Gasteiger partial charge in [-0.3, -0.25) is 4.21 Å². The maximum absolute atomic E-state index is 11.4. The van der Waals surface area contributed by atoms with Crippen molar-refractivity contribution in [3.8, 4) is 11.1 Å². The minimum absolute atomic E-state index is 0.154. The Kier molecular flexibility index (Phi) is 4.50. The molecule has 0 radical (unpaired) electrons. The predicted molar refractivity (Wildman–Crippen MR) is 90.7 cm³/mol. The number of halogens is 1. The lowest BCUT2D eigenvalue weighted by atomic mass is 9.99. The highest BCUT2D eigenvalue weighted by atomic mass is 35.5. The summed E-state index contributed by atoms with van der Waals surface area (Å²) in [5, 5.41) is 5.72. The molecule has 0 bridgehead atoms. The van der Waals surface area contributed by atoms with Crippen LogP contribution in [0.1, 0.15) is 5.56 Å². The molecule has 3 rings (SSSR count). The third kappa shape index (κ3) is 3.52. The minimum Gasteiger partial charge on any atom is -0.772 e. The first kappa shape index (κ1) is 17.1. The highest BCUT2D eigenvalue weighted by molar-refractivity contribution is 7.89. The summed E-state index contributed by atoms with van der Waals surface area (Å²) in [6, 6.07) is 11.2. The summed E-state index contributed by atoms with van der Waals surface area (Å²) in [7, 11) is -3.94. The van der Waals surface area contributed by atoms with Crippen LogP contribution in [0.2, 0.25) is 5.02 Å². The molecule has 3 aromatic rings. The topological polar surface area (TPSA) is 113 Å². The number of sulfonamides is 1. The fourth-order valence-corrected chi connectivity index (χ4v) is 3.57. The summed E-state index contributed by atoms with van der Waals surface area (Å²) in [4.78, 5) is 0. The zero-order chi connectivity index (χ0) is 17.5. The van der Waals surface area contributed by atoms with Gasteiger partial charge in [0.15, 0.2) is 0 Å². The molecule has 1 aromatic heterocycles. The van der Waals surface area contributed by atoms with Gasteiger partial charge in [-0.05, 0) is 41.0 Å². The molecule has 0 aliphatic heterocycles. The van der Waals surface area contributed by atoms with Gasteiger partial charge in [0.05, 0.1) is 0 Å². The van der Waals surface area contributed by atoms with Crippen molar-refractivity contribution in [2.24, 2.45) is 5.14 Å². The van der Waals surface area contributed by atoms with E-state index in [2.05, 4.69) is 0 Å². The van der Waals surface area contributed by atoms with E-state index in [1.807, 2.05) is 0 Å². The number of rotatable bonds is 4. The van der Waals surface area contributed by atoms with Crippen LogP contribution in [0.15, 0.2) is 52.0 Å². The Morgan fingerprint density at radius 2 is 1.92 bits per heavy atom. The summed E-state index contributed by atoms with van der Waals surface area (Å²) >= 11 is 3.77. The van der Waals surface area contributed by atoms with Crippen molar-refractivity contribution in [3.63, 3.8) is 0 Å². The average molecular weight is 385 g/mol. The zero-order valence-corrected chi connectivity index (χ0v) is 14.5. The zero-order valence-electron chi connectivity index (χ0n) is 12.1. The first-order valence-corrected chi connectivity index (χ1v) is 9.82. The van der Waals surface area contributed by atoms with Gasteiger partial charge in [-0.1, -0.05) is 34.8 Å². The molecule has 0 amide bonds. The largest absolute Gasteiger partial charge is 0.772 e. The molecule has 0 fully saturated rings. The Labute approximate surface area is 145 Å². The highest BCUT2D eigenvalue weighted by Crippen LogP contribution is 2.32. The van der Waals surface area contributed by atoms with Crippen molar-refractivity contribution in [1.29, 1.82) is 0 Å². The van der Waals surface area contributed by atoms with E-state index in [4.69, 9.17) is 21.2 Å². The Hall–Kier alpha value is -1.71. The smallest absolute Gasteiger partial charge is 0.271 e. The van der Waals surface area contributed by atoms with Gasteiger partial charge < -0.3 is 8.97 Å². The van der Waals surface area contributed by atoms with Crippen molar-refractivity contribution in [2.75, 3.05) is 0 Å². The van der Waals surface area contributed by atoms with Crippen LogP contribution in [0, 0.1) is 0 Å². The van der Waals surface area contributed by atoms with E-state index in [0.717, 1.165) is 0 Å². The summed E-state index contributed by atoms with van der Waals surface area (Å²) < 4.78 is 50.0. The lowest BCUT2D eigenvalue weighted by Gasteiger charge is -2.12. The predicted octanol–water partition coefficient (Wildman–Crippen LogP) is 2.78. The monoisotopic (exact) mass is 384 g/mol. The molecule has 1 heterocycles. The minimum atomic E-state index is -3.94. The number of hydrogen-bond donors (Lipinski definition) is 1. The molecule has 2 aromatic carbocycles. The van der Waals surface area contributed by atoms with Gasteiger partial charge in [-0.2, -0.15) is 0 Å². The van der Waals surface area contributed by atoms with Crippen molar-refractivity contribution >= 4 is 43.7 Å². The van der Waals surface area contributed by atoms with E-state index in [1.54, 1.807) is 36.4 Å². The molecule has 0 spiro atoms. The van der Waals surface area contributed by atoms with E-state index in [-0.39, 0.29) is 10.8 Å². The van der Waals surface area contributed by atoms with Crippen LogP contribution < -0.4 is 5.14 Å². The van der Waals surface area contributed by atoms with Gasteiger partial charge in [0, 0.05) is 22.2 Å². The number of nitrogens with two attached hydrogens (primary N) is 1. The molecule has 9 heteroatoms. The van der Waals surface area contributed by atoms with Crippen LogP contribution in [0.3, 0.4) is 0 Å². The number of furan rings is 1. The van der Waals surface area contributed by atoms with Crippen LogP contribution in [-0.2, 0) is 26.9 Å². The fraction of sp³-hybridized carbons (Fsp3) is 0.0667. The highest BCUT2D eigenvalue weighted by Gasteiger charge is 2.15. The maximum atomic E-state index is 11.4. The lowest BCUT2D eigenvalue weighted by molar-refractivity contribution is 0.482. The van der Waals surface area contributed by atoms with Crippen molar-refractivity contribution in [3.05, 3.63) is 53.1 Å². The third-order valence-electron chi connectivity index (χ3n) is 3.43. The molecule has 24 heavy (non-hydrogen) atoms. The number of hydrogen-bond acceptors (Lipinski definition) is 5. The Bertz CT molecular complexity index is 1060. The van der Waals surface area contributed by atoms with E-state index < -0.39 is 21.1 Å². The Morgan fingerprint density at radius 3 is 2.58 bits per heavy atom. The average Bonchev–Trinajstić information content (AvgIpc) is 2.92. The van der Waals surface area contributed by atoms with E-state index in [9.17, 15) is 17.2 Å². The quantitative estimate of drug-likeness (QED) is 0.694. The summed E-state index contributed by atoms with van der Waals surface area (Å²) in [6.07, 6.45) is 0. The molecule has 126 valence electrons. The molecule has 0 saturated heterocycles. The van der Waals surface area contributed by atoms with E-state index >= 15 is 0 Å². The molecule has 6 nitrogen and oxygen atoms in total. The molecule has 1 atom stereocenters. The van der Waals surface area contributed by atoms with Crippen LogP contribution >= 0.6 is 11.6 Å². The molecule has 0 aliphatic rings.